The van der Waals surface area contributed by atoms with Crippen LogP contribution in [0.3, 0.4) is 0 Å². The lowest BCUT2D eigenvalue weighted by molar-refractivity contribution is 0.389. The van der Waals surface area contributed by atoms with Gasteiger partial charge in [-0.25, -0.2) is 8.42 Å². The number of halogens is 1. The summed E-state index contributed by atoms with van der Waals surface area (Å²) >= 11 is 5.87. The van der Waals surface area contributed by atoms with Crippen LogP contribution in [0.5, 0.6) is 0 Å². The Balaban J connectivity index is 2.12. The van der Waals surface area contributed by atoms with Crippen molar-refractivity contribution in [2.75, 3.05) is 18.1 Å². The van der Waals surface area contributed by atoms with E-state index in [0.29, 0.717) is 41.8 Å². The molecule has 0 spiro atoms. The van der Waals surface area contributed by atoms with Gasteiger partial charge in [-0.2, -0.15) is 0 Å². The van der Waals surface area contributed by atoms with Gasteiger partial charge in [0, 0.05) is 5.02 Å². The van der Waals surface area contributed by atoms with Crippen LogP contribution in [0.4, 0.5) is 0 Å². The molecule has 0 aromatic heterocycles. The fraction of sp³-hybridized carbons (Fsp3) is 0.538. The van der Waals surface area contributed by atoms with Crippen LogP contribution in [-0.4, -0.2) is 26.5 Å². The van der Waals surface area contributed by atoms with Crippen molar-refractivity contribution in [3.63, 3.8) is 0 Å². The molecule has 2 N–H and O–H groups in total. The van der Waals surface area contributed by atoms with Crippen LogP contribution in [0.25, 0.3) is 0 Å². The van der Waals surface area contributed by atoms with Crippen molar-refractivity contribution in [2.24, 2.45) is 11.7 Å². The number of hydrogen-bond acceptors (Lipinski definition) is 3. The van der Waals surface area contributed by atoms with Crippen molar-refractivity contribution < 1.29 is 8.42 Å². The molecule has 0 amide bonds. The van der Waals surface area contributed by atoms with E-state index in [-0.39, 0.29) is 5.92 Å². The zero-order valence-corrected chi connectivity index (χ0v) is 11.8. The average molecular weight is 288 g/mol. The first-order valence-corrected chi connectivity index (χ1v) is 8.38. The Hall–Kier alpha value is -0.580. The fourth-order valence-electron chi connectivity index (χ4n) is 2.62. The Labute approximate surface area is 113 Å². The number of nitrogens with two attached hydrogens (primary N) is 1. The van der Waals surface area contributed by atoms with Gasteiger partial charge in [0.25, 0.3) is 0 Å². The lowest BCUT2D eigenvalue weighted by Gasteiger charge is -2.29. The average Bonchev–Trinajstić information content (AvgIpc) is 2.34. The van der Waals surface area contributed by atoms with E-state index in [9.17, 15) is 8.42 Å². The Morgan fingerprint density at radius 1 is 1.22 bits per heavy atom. The summed E-state index contributed by atoms with van der Waals surface area (Å²) in [5.74, 6) is 1.18. The van der Waals surface area contributed by atoms with Crippen LogP contribution < -0.4 is 5.73 Å². The lowest BCUT2D eigenvalue weighted by atomic mass is 9.82. The molecule has 0 radical (unpaired) electrons. The highest BCUT2D eigenvalue weighted by Gasteiger charge is 2.29. The van der Waals surface area contributed by atoms with Gasteiger partial charge in [-0.1, -0.05) is 23.7 Å². The van der Waals surface area contributed by atoms with Crippen molar-refractivity contribution >= 4 is 21.4 Å². The summed E-state index contributed by atoms with van der Waals surface area (Å²) in [6.45, 7) is 0.548. The van der Waals surface area contributed by atoms with Crippen molar-refractivity contribution in [1.29, 1.82) is 0 Å². The van der Waals surface area contributed by atoms with Crippen molar-refractivity contribution in [2.45, 2.75) is 18.8 Å². The number of benzene rings is 1. The number of sulfone groups is 1. The van der Waals surface area contributed by atoms with Crippen molar-refractivity contribution in [3.8, 4) is 0 Å². The summed E-state index contributed by atoms with van der Waals surface area (Å²) in [4.78, 5) is 0. The van der Waals surface area contributed by atoms with Crippen molar-refractivity contribution in [1.82, 2.24) is 0 Å². The molecule has 2 rings (SSSR count). The van der Waals surface area contributed by atoms with Gasteiger partial charge >= 0.3 is 0 Å². The molecule has 3 nitrogen and oxygen atoms in total. The zero-order valence-electron chi connectivity index (χ0n) is 10.2. The molecule has 0 bridgehead atoms. The topological polar surface area (TPSA) is 60.2 Å². The Kier molecular flexibility index (Phi) is 4.30. The summed E-state index contributed by atoms with van der Waals surface area (Å²) in [5.41, 5.74) is 7.02. The van der Waals surface area contributed by atoms with Gasteiger partial charge in [-0.15, -0.1) is 0 Å². The summed E-state index contributed by atoms with van der Waals surface area (Å²) in [5, 5.41) is 0.709. The van der Waals surface area contributed by atoms with Crippen LogP contribution in [0.2, 0.25) is 5.02 Å². The summed E-state index contributed by atoms with van der Waals surface area (Å²) in [6.07, 6.45) is 1.43. The molecule has 100 valence electrons. The van der Waals surface area contributed by atoms with E-state index in [1.54, 1.807) is 0 Å². The van der Waals surface area contributed by atoms with E-state index in [2.05, 4.69) is 0 Å². The second-order valence-corrected chi connectivity index (χ2v) is 7.62. The van der Waals surface area contributed by atoms with Gasteiger partial charge in [-0.3, -0.25) is 0 Å². The Morgan fingerprint density at radius 3 is 2.28 bits per heavy atom. The maximum atomic E-state index is 11.4. The predicted molar refractivity (Wildman–Crippen MR) is 74.6 cm³/mol. The van der Waals surface area contributed by atoms with Crippen molar-refractivity contribution in [3.05, 3.63) is 34.9 Å². The minimum atomic E-state index is -2.81. The fourth-order valence-corrected chi connectivity index (χ4v) is 4.28. The molecule has 0 aliphatic carbocycles. The van der Waals surface area contributed by atoms with Crippen LogP contribution in [0, 0.1) is 5.92 Å². The highest BCUT2D eigenvalue weighted by atomic mass is 35.5. The molecule has 1 atom stereocenters. The van der Waals surface area contributed by atoms with Crippen LogP contribution in [-0.2, 0) is 9.84 Å². The summed E-state index contributed by atoms with van der Waals surface area (Å²) < 4.78 is 22.9. The van der Waals surface area contributed by atoms with E-state index in [4.69, 9.17) is 17.3 Å². The van der Waals surface area contributed by atoms with Crippen LogP contribution in [0.1, 0.15) is 24.3 Å². The van der Waals surface area contributed by atoms with Crippen LogP contribution in [0.15, 0.2) is 24.3 Å². The molecule has 1 aliphatic heterocycles. The largest absolute Gasteiger partial charge is 0.330 e. The first-order chi connectivity index (χ1) is 8.52. The standard InChI is InChI=1S/C13H18ClNO2S/c14-12-3-1-10(2-4-12)13(9-15)11-5-7-18(16,17)8-6-11/h1-4,11,13H,5-9,15H2. The normalized spacial score (nSPS) is 21.7. The SMILES string of the molecule is NCC(c1ccc(Cl)cc1)C1CCS(=O)(=O)CC1. The number of rotatable bonds is 3. The van der Waals surface area contributed by atoms with E-state index in [1.165, 1.54) is 0 Å². The molecule has 18 heavy (non-hydrogen) atoms. The molecule has 1 aromatic rings. The molecule has 0 saturated carbocycles. The van der Waals surface area contributed by atoms with Gasteiger partial charge in [0.2, 0.25) is 0 Å². The zero-order chi connectivity index (χ0) is 13.2. The van der Waals surface area contributed by atoms with E-state index < -0.39 is 9.84 Å². The minimum absolute atomic E-state index is 0.234. The van der Waals surface area contributed by atoms with Gasteiger partial charge < -0.3 is 5.73 Å². The van der Waals surface area contributed by atoms with Crippen LogP contribution >= 0.6 is 11.6 Å². The molecule has 1 unspecified atom stereocenters. The highest BCUT2D eigenvalue weighted by Crippen LogP contribution is 2.33. The third-order valence-electron chi connectivity index (χ3n) is 3.72. The smallest absolute Gasteiger partial charge is 0.150 e. The molecular weight excluding hydrogens is 270 g/mol. The Bertz CT molecular complexity index is 484. The molecule has 1 saturated heterocycles. The summed E-state index contributed by atoms with van der Waals surface area (Å²) in [7, 11) is -2.81. The highest BCUT2D eigenvalue weighted by molar-refractivity contribution is 7.91. The lowest BCUT2D eigenvalue weighted by Crippen LogP contribution is -2.30. The summed E-state index contributed by atoms with van der Waals surface area (Å²) in [6, 6.07) is 7.70. The molecule has 1 aliphatic rings. The second kappa shape index (κ2) is 5.59. The second-order valence-electron chi connectivity index (χ2n) is 4.88. The third-order valence-corrected chi connectivity index (χ3v) is 5.69. The van der Waals surface area contributed by atoms with Gasteiger partial charge in [0.05, 0.1) is 11.5 Å². The predicted octanol–water partition coefficient (Wildman–Crippen LogP) is 2.21. The molecular formula is C13H18ClNO2S. The Morgan fingerprint density at radius 2 is 1.78 bits per heavy atom. The number of hydrogen-bond donors (Lipinski definition) is 1. The van der Waals surface area contributed by atoms with E-state index in [0.717, 1.165) is 5.56 Å². The molecule has 1 aromatic carbocycles. The van der Waals surface area contributed by atoms with E-state index in [1.807, 2.05) is 24.3 Å². The first kappa shape index (κ1) is 13.8. The van der Waals surface area contributed by atoms with E-state index >= 15 is 0 Å². The van der Waals surface area contributed by atoms with Gasteiger partial charge in [0.1, 0.15) is 9.84 Å². The monoisotopic (exact) mass is 287 g/mol. The molecule has 1 heterocycles. The van der Waals surface area contributed by atoms with Gasteiger partial charge in [-0.05, 0) is 48.9 Å². The molecule has 1 fully saturated rings. The first-order valence-electron chi connectivity index (χ1n) is 6.18. The maximum absolute atomic E-state index is 11.4. The third kappa shape index (κ3) is 3.25. The molecule has 5 heteroatoms. The minimum Gasteiger partial charge on any atom is -0.330 e. The quantitative estimate of drug-likeness (QED) is 0.927. The maximum Gasteiger partial charge on any atom is 0.150 e. The van der Waals surface area contributed by atoms with Gasteiger partial charge in [0.15, 0.2) is 0 Å².